The SMILES string of the molecule is Cc1nn(CCO)c(C)c1CNCc1ccc2ccccc2c1. The van der Waals surface area contributed by atoms with Crippen molar-refractivity contribution in [2.75, 3.05) is 6.61 Å². The Morgan fingerprint density at radius 3 is 2.61 bits per heavy atom. The Morgan fingerprint density at radius 1 is 1.04 bits per heavy atom. The molecule has 0 aliphatic heterocycles. The van der Waals surface area contributed by atoms with Gasteiger partial charge in [0.2, 0.25) is 0 Å². The van der Waals surface area contributed by atoms with Gasteiger partial charge in [-0.05, 0) is 36.2 Å². The van der Waals surface area contributed by atoms with Gasteiger partial charge in [0.25, 0.3) is 0 Å². The van der Waals surface area contributed by atoms with Crippen molar-refractivity contribution >= 4 is 10.8 Å². The standard InChI is InChI=1S/C19H23N3O/c1-14-19(15(2)22(21-14)9-10-23)13-20-12-16-7-8-17-5-3-4-6-18(17)11-16/h3-8,11,20,23H,9-10,12-13H2,1-2H3. The third-order valence-corrected chi connectivity index (χ3v) is 4.29. The zero-order chi connectivity index (χ0) is 16.2. The predicted octanol–water partition coefficient (Wildman–Crippen LogP) is 2.94. The Hall–Kier alpha value is -2.17. The highest BCUT2D eigenvalue weighted by atomic mass is 16.3. The highest BCUT2D eigenvalue weighted by molar-refractivity contribution is 5.82. The molecule has 0 saturated carbocycles. The summed E-state index contributed by atoms with van der Waals surface area (Å²) >= 11 is 0. The van der Waals surface area contributed by atoms with Gasteiger partial charge >= 0.3 is 0 Å². The number of nitrogens with one attached hydrogen (secondary N) is 1. The van der Waals surface area contributed by atoms with Gasteiger partial charge < -0.3 is 10.4 Å². The second-order valence-electron chi connectivity index (χ2n) is 5.88. The lowest BCUT2D eigenvalue weighted by molar-refractivity contribution is 0.267. The molecule has 0 amide bonds. The molecule has 2 N–H and O–H groups in total. The lowest BCUT2D eigenvalue weighted by atomic mass is 10.1. The summed E-state index contributed by atoms with van der Waals surface area (Å²) in [6.07, 6.45) is 0. The van der Waals surface area contributed by atoms with Crippen molar-refractivity contribution in [3.8, 4) is 0 Å². The number of aromatic nitrogens is 2. The van der Waals surface area contributed by atoms with Crippen LogP contribution < -0.4 is 5.32 Å². The average Bonchev–Trinajstić information content (AvgIpc) is 2.82. The molecule has 0 aliphatic rings. The number of aliphatic hydroxyl groups excluding tert-OH is 1. The fourth-order valence-electron chi connectivity index (χ4n) is 2.98. The van der Waals surface area contributed by atoms with Crippen LogP contribution in [0.15, 0.2) is 42.5 Å². The Morgan fingerprint density at radius 2 is 1.83 bits per heavy atom. The smallest absolute Gasteiger partial charge is 0.0644 e. The van der Waals surface area contributed by atoms with Crippen molar-refractivity contribution in [3.63, 3.8) is 0 Å². The first-order chi connectivity index (χ1) is 11.2. The molecule has 3 rings (SSSR count). The third-order valence-electron chi connectivity index (χ3n) is 4.29. The molecular formula is C19H23N3O. The van der Waals surface area contributed by atoms with Gasteiger partial charge in [-0.15, -0.1) is 0 Å². The summed E-state index contributed by atoms with van der Waals surface area (Å²) in [5.74, 6) is 0. The molecule has 1 heterocycles. The molecule has 0 radical (unpaired) electrons. The van der Waals surface area contributed by atoms with E-state index >= 15 is 0 Å². The first kappa shape index (κ1) is 15.7. The summed E-state index contributed by atoms with van der Waals surface area (Å²) in [5, 5.41) is 19.6. The zero-order valence-electron chi connectivity index (χ0n) is 13.7. The minimum atomic E-state index is 0.117. The van der Waals surface area contributed by atoms with E-state index in [0.717, 1.165) is 24.5 Å². The molecule has 0 bridgehead atoms. The maximum absolute atomic E-state index is 9.08. The summed E-state index contributed by atoms with van der Waals surface area (Å²) < 4.78 is 1.88. The van der Waals surface area contributed by atoms with Gasteiger partial charge in [-0.1, -0.05) is 36.4 Å². The topological polar surface area (TPSA) is 50.1 Å². The molecular weight excluding hydrogens is 286 g/mol. The van der Waals surface area contributed by atoms with E-state index in [9.17, 15) is 0 Å². The van der Waals surface area contributed by atoms with Gasteiger partial charge in [-0.3, -0.25) is 4.68 Å². The molecule has 3 aromatic rings. The molecule has 2 aromatic carbocycles. The van der Waals surface area contributed by atoms with E-state index in [1.807, 2.05) is 11.6 Å². The van der Waals surface area contributed by atoms with Crippen molar-refractivity contribution in [3.05, 3.63) is 65.0 Å². The molecule has 23 heavy (non-hydrogen) atoms. The quantitative estimate of drug-likeness (QED) is 0.736. The summed E-state index contributed by atoms with van der Waals surface area (Å²) in [6, 6.07) is 15.0. The highest BCUT2D eigenvalue weighted by Crippen LogP contribution is 2.16. The summed E-state index contributed by atoms with van der Waals surface area (Å²) in [7, 11) is 0. The number of fused-ring (bicyclic) bond motifs is 1. The number of benzene rings is 2. The van der Waals surface area contributed by atoms with E-state index in [4.69, 9.17) is 5.11 Å². The molecule has 4 nitrogen and oxygen atoms in total. The van der Waals surface area contributed by atoms with Gasteiger partial charge in [0.15, 0.2) is 0 Å². The Balaban J connectivity index is 1.66. The Labute approximate surface area is 136 Å². The first-order valence-electron chi connectivity index (χ1n) is 8.01. The Kier molecular flexibility index (Phi) is 4.74. The van der Waals surface area contributed by atoms with Crippen molar-refractivity contribution in [2.45, 2.75) is 33.5 Å². The maximum Gasteiger partial charge on any atom is 0.0644 e. The molecule has 120 valence electrons. The monoisotopic (exact) mass is 309 g/mol. The van der Waals surface area contributed by atoms with Crippen LogP contribution in [0.2, 0.25) is 0 Å². The minimum Gasteiger partial charge on any atom is -0.394 e. The highest BCUT2D eigenvalue weighted by Gasteiger charge is 2.10. The van der Waals surface area contributed by atoms with Crippen LogP contribution in [-0.2, 0) is 19.6 Å². The molecule has 0 saturated heterocycles. The van der Waals surface area contributed by atoms with E-state index in [-0.39, 0.29) is 6.61 Å². The average molecular weight is 309 g/mol. The van der Waals surface area contributed by atoms with E-state index in [2.05, 4.69) is 59.8 Å². The molecule has 0 fully saturated rings. The van der Waals surface area contributed by atoms with Gasteiger partial charge in [0.05, 0.1) is 18.8 Å². The predicted molar refractivity (Wildman–Crippen MR) is 93.3 cm³/mol. The molecule has 4 heteroatoms. The summed E-state index contributed by atoms with van der Waals surface area (Å²) in [5.41, 5.74) is 4.66. The normalized spacial score (nSPS) is 11.3. The van der Waals surface area contributed by atoms with E-state index in [1.165, 1.54) is 21.9 Å². The molecule has 0 unspecified atom stereocenters. The van der Waals surface area contributed by atoms with Crippen LogP contribution >= 0.6 is 0 Å². The van der Waals surface area contributed by atoms with Crippen molar-refractivity contribution in [2.24, 2.45) is 0 Å². The molecule has 0 spiro atoms. The molecule has 0 atom stereocenters. The first-order valence-corrected chi connectivity index (χ1v) is 8.01. The third kappa shape index (κ3) is 3.44. The van der Waals surface area contributed by atoms with E-state index in [0.29, 0.717) is 6.54 Å². The second-order valence-corrected chi connectivity index (χ2v) is 5.88. The number of nitrogens with zero attached hydrogens (tertiary/aromatic N) is 2. The summed E-state index contributed by atoms with van der Waals surface area (Å²) in [6.45, 7) is 6.37. The van der Waals surface area contributed by atoms with Gasteiger partial charge in [-0.25, -0.2) is 0 Å². The second kappa shape index (κ2) is 6.94. The van der Waals surface area contributed by atoms with Crippen LogP contribution in [0.25, 0.3) is 10.8 Å². The fourth-order valence-corrected chi connectivity index (χ4v) is 2.98. The number of rotatable bonds is 6. The van der Waals surface area contributed by atoms with Crippen LogP contribution in [0.5, 0.6) is 0 Å². The van der Waals surface area contributed by atoms with Gasteiger partial charge in [0.1, 0.15) is 0 Å². The van der Waals surface area contributed by atoms with Gasteiger partial charge in [-0.2, -0.15) is 5.10 Å². The van der Waals surface area contributed by atoms with Crippen molar-refractivity contribution < 1.29 is 5.11 Å². The zero-order valence-corrected chi connectivity index (χ0v) is 13.7. The number of hydrogen-bond donors (Lipinski definition) is 2. The Bertz CT molecular complexity index is 807. The van der Waals surface area contributed by atoms with Crippen LogP contribution in [-0.4, -0.2) is 21.5 Å². The largest absolute Gasteiger partial charge is 0.394 e. The van der Waals surface area contributed by atoms with Crippen LogP contribution in [0, 0.1) is 13.8 Å². The maximum atomic E-state index is 9.08. The van der Waals surface area contributed by atoms with Crippen molar-refractivity contribution in [1.82, 2.24) is 15.1 Å². The van der Waals surface area contributed by atoms with Crippen molar-refractivity contribution in [1.29, 1.82) is 0 Å². The lowest BCUT2D eigenvalue weighted by Crippen LogP contribution is -2.14. The van der Waals surface area contributed by atoms with Crippen LogP contribution in [0.4, 0.5) is 0 Å². The summed E-state index contributed by atoms with van der Waals surface area (Å²) in [4.78, 5) is 0. The van der Waals surface area contributed by atoms with E-state index in [1.54, 1.807) is 0 Å². The van der Waals surface area contributed by atoms with E-state index < -0.39 is 0 Å². The number of aliphatic hydroxyl groups is 1. The van der Waals surface area contributed by atoms with Crippen LogP contribution in [0.3, 0.4) is 0 Å². The fraction of sp³-hybridized carbons (Fsp3) is 0.316. The molecule has 1 aromatic heterocycles. The van der Waals surface area contributed by atoms with Crippen LogP contribution in [0.1, 0.15) is 22.5 Å². The number of aryl methyl sites for hydroxylation is 1. The van der Waals surface area contributed by atoms with Gasteiger partial charge in [0, 0.05) is 24.3 Å². The number of hydrogen-bond acceptors (Lipinski definition) is 3. The lowest BCUT2D eigenvalue weighted by Gasteiger charge is -2.07. The minimum absolute atomic E-state index is 0.117. The molecule has 0 aliphatic carbocycles.